The topological polar surface area (TPSA) is 32.8 Å². The zero-order valence-corrected chi connectivity index (χ0v) is 16.4. The Balaban J connectivity index is 1.62. The SMILES string of the molecule is COc1ccc2cc(CN(C)C(=O)CN3C[C@H](C)C[C@H](C)C3)ccc2c1. The van der Waals surface area contributed by atoms with Crippen LogP contribution >= 0.6 is 0 Å². The molecule has 2 aromatic carbocycles. The molecule has 4 heteroatoms. The molecule has 0 N–H and O–H groups in total. The fourth-order valence-electron chi connectivity index (χ4n) is 4.09. The number of rotatable bonds is 5. The lowest BCUT2D eigenvalue weighted by molar-refractivity contribution is -0.132. The molecule has 0 unspecified atom stereocenters. The summed E-state index contributed by atoms with van der Waals surface area (Å²) in [4.78, 5) is 16.8. The molecule has 2 atom stereocenters. The summed E-state index contributed by atoms with van der Waals surface area (Å²) in [6, 6.07) is 12.4. The summed E-state index contributed by atoms with van der Waals surface area (Å²) < 4.78 is 5.28. The van der Waals surface area contributed by atoms with E-state index >= 15 is 0 Å². The van der Waals surface area contributed by atoms with Crippen molar-refractivity contribution in [2.24, 2.45) is 11.8 Å². The van der Waals surface area contributed by atoms with Crippen molar-refractivity contribution < 1.29 is 9.53 Å². The maximum Gasteiger partial charge on any atom is 0.236 e. The van der Waals surface area contributed by atoms with Crippen LogP contribution in [0.25, 0.3) is 10.8 Å². The number of carbonyl (C=O) groups excluding carboxylic acids is 1. The molecule has 1 aliphatic heterocycles. The Labute approximate surface area is 156 Å². The Morgan fingerprint density at radius 1 is 1.12 bits per heavy atom. The second-order valence-electron chi connectivity index (χ2n) is 7.94. The van der Waals surface area contributed by atoms with Crippen LogP contribution in [0.3, 0.4) is 0 Å². The normalized spacial score (nSPS) is 20.9. The molecule has 0 bridgehead atoms. The van der Waals surface area contributed by atoms with E-state index in [9.17, 15) is 4.79 Å². The van der Waals surface area contributed by atoms with Crippen molar-refractivity contribution in [3.05, 3.63) is 42.0 Å². The highest BCUT2D eigenvalue weighted by molar-refractivity contribution is 5.84. The molecule has 1 amide bonds. The average molecular weight is 354 g/mol. The first-order valence-electron chi connectivity index (χ1n) is 9.47. The predicted octanol–water partition coefficient (Wildman–Crippen LogP) is 3.78. The third kappa shape index (κ3) is 4.55. The van der Waals surface area contributed by atoms with E-state index in [-0.39, 0.29) is 5.91 Å². The van der Waals surface area contributed by atoms with Gasteiger partial charge in [-0.1, -0.05) is 32.0 Å². The van der Waals surface area contributed by atoms with Gasteiger partial charge in [-0.3, -0.25) is 9.69 Å². The second-order valence-corrected chi connectivity index (χ2v) is 7.94. The van der Waals surface area contributed by atoms with E-state index in [0.717, 1.165) is 29.8 Å². The first-order valence-corrected chi connectivity index (χ1v) is 9.47. The zero-order chi connectivity index (χ0) is 18.7. The molecule has 1 aliphatic rings. The first kappa shape index (κ1) is 18.7. The van der Waals surface area contributed by atoms with Crippen LogP contribution in [-0.2, 0) is 11.3 Å². The van der Waals surface area contributed by atoms with Crippen LogP contribution in [0.15, 0.2) is 36.4 Å². The molecule has 0 aromatic heterocycles. The molecule has 1 fully saturated rings. The van der Waals surface area contributed by atoms with Crippen molar-refractivity contribution in [3.8, 4) is 5.75 Å². The van der Waals surface area contributed by atoms with Gasteiger partial charge in [0, 0.05) is 26.7 Å². The zero-order valence-electron chi connectivity index (χ0n) is 16.4. The van der Waals surface area contributed by atoms with E-state index in [1.807, 2.05) is 24.1 Å². The Morgan fingerprint density at radius 3 is 2.46 bits per heavy atom. The number of likely N-dealkylation sites (N-methyl/N-ethyl adjacent to an activating group) is 1. The maximum absolute atomic E-state index is 12.6. The van der Waals surface area contributed by atoms with Crippen LogP contribution in [0.1, 0.15) is 25.8 Å². The quantitative estimate of drug-likeness (QED) is 0.819. The molecule has 0 spiro atoms. The fraction of sp³-hybridized carbons (Fsp3) is 0.500. The molecule has 26 heavy (non-hydrogen) atoms. The van der Waals surface area contributed by atoms with Crippen molar-refractivity contribution in [3.63, 3.8) is 0 Å². The van der Waals surface area contributed by atoms with E-state index < -0.39 is 0 Å². The number of methoxy groups -OCH3 is 1. The molecule has 3 rings (SSSR count). The van der Waals surface area contributed by atoms with E-state index in [1.54, 1.807) is 7.11 Å². The van der Waals surface area contributed by atoms with Crippen molar-refractivity contribution in [1.29, 1.82) is 0 Å². The number of benzene rings is 2. The minimum Gasteiger partial charge on any atom is -0.497 e. The van der Waals surface area contributed by atoms with Gasteiger partial charge in [-0.05, 0) is 52.8 Å². The average Bonchev–Trinajstić information content (AvgIpc) is 2.60. The van der Waals surface area contributed by atoms with E-state index in [1.165, 1.54) is 11.8 Å². The molecular weight excluding hydrogens is 324 g/mol. The fourth-order valence-corrected chi connectivity index (χ4v) is 4.09. The van der Waals surface area contributed by atoms with Crippen molar-refractivity contribution in [1.82, 2.24) is 9.80 Å². The van der Waals surface area contributed by atoms with Crippen LogP contribution in [0, 0.1) is 11.8 Å². The third-order valence-electron chi connectivity index (χ3n) is 5.26. The van der Waals surface area contributed by atoms with Crippen LogP contribution < -0.4 is 4.74 Å². The molecule has 140 valence electrons. The highest BCUT2D eigenvalue weighted by atomic mass is 16.5. The summed E-state index contributed by atoms with van der Waals surface area (Å²) in [7, 11) is 3.58. The van der Waals surface area contributed by atoms with Gasteiger partial charge in [0.2, 0.25) is 5.91 Å². The number of hydrogen-bond donors (Lipinski definition) is 0. The van der Waals surface area contributed by atoms with Gasteiger partial charge < -0.3 is 9.64 Å². The van der Waals surface area contributed by atoms with Crippen molar-refractivity contribution in [2.45, 2.75) is 26.8 Å². The molecule has 1 heterocycles. The number of amides is 1. The number of carbonyl (C=O) groups is 1. The Bertz CT molecular complexity index is 764. The molecule has 2 aromatic rings. The van der Waals surface area contributed by atoms with Crippen LogP contribution in [-0.4, -0.2) is 49.5 Å². The van der Waals surface area contributed by atoms with Gasteiger partial charge in [0.1, 0.15) is 5.75 Å². The largest absolute Gasteiger partial charge is 0.497 e. The molecule has 1 saturated heterocycles. The number of ether oxygens (including phenoxy) is 1. The van der Waals surface area contributed by atoms with Gasteiger partial charge in [0.25, 0.3) is 0 Å². The molecule has 0 aliphatic carbocycles. The summed E-state index contributed by atoms with van der Waals surface area (Å²) in [6.45, 7) is 7.78. The Morgan fingerprint density at radius 2 is 1.77 bits per heavy atom. The number of nitrogens with zero attached hydrogens (tertiary/aromatic N) is 2. The number of likely N-dealkylation sites (tertiary alicyclic amines) is 1. The van der Waals surface area contributed by atoms with E-state index in [4.69, 9.17) is 4.74 Å². The van der Waals surface area contributed by atoms with Crippen LogP contribution in [0.4, 0.5) is 0 Å². The second kappa shape index (κ2) is 8.09. The lowest BCUT2D eigenvalue weighted by Gasteiger charge is -2.35. The number of piperidine rings is 1. The molecule has 4 nitrogen and oxygen atoms in total. The first-order chi connectivity index (χ1) is 12.4. The van der Waals surface area contributed by atoms with Gasteiger partial charge in [-0.2, -0.15) is 0 Å². The minimum absolute atomic E-state index is 0.195. The maximum atomic E-state index is 12.6. The third-order valence-corrected chi connectivity index (χ3v) is 5.26. The highest BCUT2D eigenvalue weighted by Gasteiger charge is 2.24. The van der Waals surface area contributed by atoms with Crippen molar-refractivity contribution >= 4 is 16.7 Å². The molecular formula is C22H30N2O2. The van der Waals surface area contributed by atoms with Crippen LogP contribution in [0.5, 0.6) is 5.75 Å². The predicted molar refractivity (Wildman–Crippen MR) is 106 cm³/mol. The van der Waals surface area contributed by atoms with E-state index in [0.29, 0.717) is 24.9 Å². The van der Waals surface area contributed by atoms with E-state index in [2.05, 4.69) is 43.0 Å². The minimum atomic E-state index is 0.195. The summed E-state index contributed by atoms with van der Waals surface area (Å²) >= 11 is 0. The summed E-state index contributed by atoms with van der Waals surface area (Å²) in [5.41, 5.74) is 1.15. The molecule has 0 radical (unpaired) electrons. The lowest BCUT2D eigenvalue weighted by atomic mass is 9.92. The highest BCUT2D eigenvalue weighted by Crippen LogP contribution is 2.23. The summed E-state index contributed by atoms with van der Waals surface area (Å²) in [6.07, 6.45) is 1.27. The van der Waals surface area contributed by atoms with Gasteiger partial charge in [0.15, 0.2) is 0 Å². The molecule has 0 saturated carbocycles. The van der Waals surface area contributed by atoms with Gasteiger partial charge in [0.05, 0.1) is 13.7 Å². The van der Waals surface area contributed by atoms with Gasteiger partial charge in [-0.15, -0.1) is 0 Å². The lowest BCUT2D eigenvalue weighted by Crippen LogP contribution is -2.44. The monoisotopic (exact) mass is 354 g/mol. The smallest absolute Gasteiger partial charge is 0.236 e. The Kier molecular flexibility index (Phi) is 5.82. The number of fused-ring (bicyclic) bond motifs is 1. The summed E-state index contributed by atoms with van der Waals surface area (Å²) in [5, 5.41) is 2.32. The Hall–Kier alpha value is -2.07. The van der Waals surface area contributed by atoms with Crippen LogP contribution in [0.2, 0.25) is 0 Å². The standard InChI is InChI=1S/C22H30N2O2/c1-16-9-17(2)13-24(12-16)15-22(25)23(3)14-18-5-6-20-11-21(26-4)8-7-19(20)10-18/h5-8,10-11,16-17H,9,12-15H2,1-4H3/t16-,17+. The van der Waals surface area contributed by atoms with Crippen molar-refractivity contribution in [2.75, 3.05) is 33.8 Å². The summed E-state index contributed by atoms with van der Waals surface area (Å²) in [5.74, 6) is 2.41. The van der Waals surface area contributed by atoms with Gasteiger partial charge >= 0.3 is 0 Å². The number of hydrogen-bond acceptors (Lipinski definition) is 3. The van der Waals surface area contributed by atoms with Gasteiger partial charge in [-0.25, -0.2) is 0 Å².